The van der Waals surface area contributed by atoms with E-state index in [9.17, 15) is 14.0 Å². The minimum atomic E-state index is -0.545. The summed E-state index contributed by atoms with van der Waals surface area (Å²) in [6.07, 6.45) is 1.35. The van der Waals surface area contributed by atoms with Gasteiger partial charge in [-0.25, -0.2) is 4.39 Å². The average Bonchev–Trinajstić information content (AvgIpc) is 2.74. The molecule has 0 saturated carbocycles. The molecule has 0 aromatic heterocycles. The van der Waals surface area contributed by atoms with Gasteiger partial charge in [-0.05, 0) is 36.1 Å². The van der Waals surface area contributed by atoms with Crippen molar-refractivity contribution in [2.75, 3.05) is 12.3 Å². The minimum absolute atomic E-state index is 0.0891. The van der Waals surface area contributed by atoms with E-state index in [-0.39, 0.29) is 29.9 Å². The summed E-state index contributed by atoms with van der Waals surface area (Å²) in [7, 11) is 0. The molecule has 0 bridgehead atoms. The molecule has 0 radical (unpaired) electrons. The highest BCUT2D eigenvalue weighted by atomic mass is 32.2. The van der Waals surface area contributed by atoms with Crippen LogP contribution in [-0.2, 0) is 21.9 Å². The lowest BCUT2D eigenvalue weighted by atomic mass is 10.1. The number of benzene rings is 2. The first-order valence-electron chi connectivity index (χ1n) is 9.98. The second kappa shape index (κ2) is 12.3. The van der Waals surface area contributed by atoms with Gasteiger partial charge in [-0.2, -0.15) is 0 Å². The summed E-state index contributed by atoms with van der Waals surface area (Å²) >= 11 is 1.53. The third-order valence-corrected chi connectivity index (χ3v) is 5.53. The molecule has 156 valence electrons. The Hall–Kier alpha value is -2.34. The van der Waals surface area contributed by atoms with Gasteiger partial charge in [-0.1, -0.05) is 56.3 Å². The molecule has 0 aliphatic heterocycles. The van der Waals surface area contributed by atoms with Crippen molar-refractivity contribution in [1.29, 1.82) is 0 Å². The summed E-state index contributed by atoms with van der Waals surface area (Å²) < 4.78 is 13.3. The first-order chi connectivity index (χ1) is 14.0. The molecule has 6 heteroatoms. The number of carbonyl (C=O) groups is 2. The molecule has 1 N–H and O–H groups in total. The van der Waals surface area contributed by atoms with Crippen LogP contribution in [0.2, 0.25) is 0 Å². The Morgan fingerprint density at radius 1 is 1.03 bits per heavy atom. The second-order valence-corrected chi connectivity index (χ2v) is 7.83. The van der Waals surface area contributed by atoms with Crippen LogP contribution in [0.1, 0.15) is 37.8 Å². The Morgan fingerprint density at radius 2 is 1.72 bits per heavy atom. The van der Waals surface area contributed by atoms with Crippen molar-refractivity contribution in [3.8, 4) is 0 Å². The predicted molar refractivity (Wildman–Crippen MR) is 117 cm³/mol. The number of carbonyl (C=O) groups excluding carboxylic acids is 2. The van der Waals surface area contributed by atoms with E-state index in [0.29, 0.717) is 13.0 Å². The second-order valence-electron chi connectivity index (χ2n) is 6.84. The molecule has 0 fully saturated rings. The molecule has 0 aliphatic rings. The highest BCUT2D eigenvalue weighted by molar-refractivity contribution is 7.99. The van der Waals surface area contributed by atoms with E-state index in [1.165, 1.54) is 23.9 Å². The van der Waals surface area contributed by atoms with Crippen molar-refractivity contribution in [3.63, 3.8) is 0 Å². The van der Waals surface area contributed by atoms with Crippen LogP contribution >= 0.6 is 11.8 Å². The van der Waals surface area contributed by atoms with Gasteiger partial charge in [0.05, 0.1) is 5.75 Å². The van der Waals surface area contributed by atoms with Crippen molar-refractivity contribution in [3.05, 3.63) is 71.5 Å². The van der Waals surface area contributed by atoms with Crippen molar-refractivity contribution < 1.29 is 14.0 Å². The van der Waals surface area contributed by atoms with E-state index in [1.807, 2.05) is 44.2 Å². The number of thioether (sulfide) groups is 1. The number of nitrogens with one attached hydrogen (secondary N) is 1. The van der Waals surface area contributed by atoms with E-state index in [4.69, 9.17) is 0 Å². The van der Waals surface area contributed by atoms with Crippen molar-refractivity contribution in [1.82, 2.24) is 10.2 Å². The number of hydrogen-bond donors (Lipinski definition) is 1. The van der Waals surface area contributed by atoms with Crippen LogP contribution in [0.4, 0.5) is 4.39 Å². The summed E-state index contributed by atoms with van der Waals surface area (Å²) in [5.74, 6) is 0.466. The van der Waals surface area contributed by atoms with Gasteiger partial charge in [0, 0.05) is 18.8 Å². The first-order valence-corrected chi connectivity index (χ1v) is 11.1. The molecule has 0 heterocycles. The Bertz CT molecular complexity index is 768. The molecule has 0 spiro atoms. The SMILES string of the molecule is CCCNC(=O)C(CC)N(Cc1ccc(F)cc1)C(=O)CSCc1ccccc1. The molecule has 2 aromatic carbocycles. The Labute approximate surface area is 176 Å². The Morgan fingerprint density at radius 3 is 2.34 bits per heavy atom. The van der Waals surface area contributed by atoms with Crippen molar-refractivity contribution in [2.24, 2.45) is 0 Å². The van der Waals surface area contributed by atoms with Crippen LogP contribution < -0.4 is 5.32 Å². The summed E-state index contributed by atoms with van der Waals surface area (Å²) in [4.78, 5) is 27.3. The van der Waals surface area contributed by atoms with Crippen LogP contribution in [0.25, 0.3) is 0 Å². The van der Waals surface area contributed by atoms with E-state index in [1.54, 1.807) is 17.0 Å². The van der Waals surface area contributed by atoms with Crippen LogP contribution in [0, 0.1) is 5.82 Å². The van der Waals surface area contributed by atoms with Gasteiger partial charge in [0.2, 0.25) is 11.8 Å². The molecule has 0 saturated heterocycles. The van der Waals surface area contributed by atoms with Crippen LogP contribution in [0.15, 0.2) is 54.6 Å². The number of rotatable bonds is 11. The predicted octanol–water partition coefficient (Wildman–Crippen LogP) is 4.39. The molecule has 29 heavy (non-hydrogen) atoms. The average molecular weight is 417 g/mol. The quantitative estimate of drug-likeness (QED) is 0.591. The van der Waals surface area contributed by atoms with Gasteiger partial charge in [0.25, 0.3) is 0 Å². The zero-order chi connectivity index (χ0) is 21.1. The highest BCUT2D eigenvalue weighted by Crippen LogP contribution is 2.17. The summed E-state index contributed by atoms with van der Waals surface area (Å²) in [5, 5.41) is 2.90. The summed E-state index contributed by atoms with van der Waals surface area (Å²) in [5.41, 5.74) is 1.96. The van der Waals surface area contributed by atoms with Gasteiger partial charge in [-0.3, -0.25) is 9.59 Å². The lowest BCUT2D eigenvalue weighted by Crippen LogP contribution is -2.49. The van der Waals surface area contributed by atoms with Gasteiger partial charge in [0.1, 0.15) is 11.9 Å². The number of nitrogens with zero attached hydrogens (tertiary/aromatic N) is 1. The smallest absolute Gasteiger partial charge is 0.242 e. The van der Waals surface area contributed by atoms with Gasteiger partial charge in [-0.15, -0.1) is 11.8 Å². The fourth-order valence-electron chi connectivity index (χ4n) is 2.99. The molecule has 2 amide bonds. The molecule has 0 aliphatic carbocycles. The number of hydrogen-bond acceptors (Lipinski definition) is 3. The lowest BCUT2D eigenvalue weighted by Gasteiger charge is -2.30. The molecule has 1 atom stereocenters. The minimum Gasteiger partial charge on any atom is -0.354 e. The fourth-order valence-corrected chi connectivity index (χ4v) is 3.86. The molecule has 2 aromatic rings. The number of halogens is 1. The maximum absolute atomic E-state index is 13.3. The third-order valence-electron chi connectivity index (χ3n) is 4.54. The van der Waals surface area contributed by atoms with Gasteiger partial charge < -0.3 is 10.2 Å². The zero-order valence-electron chi connectivity index (χ0n) is 17.1. The van der Waals surface area contributed by atoms with Crippen molar-refractivity contribution >= 4 is 23.6 Å². The maximum Gasteiger partial charge on any atom is 0.242 e. The largest absolute Gasteiger partial charge is 0.354 e. The topological polar surface area (TPSA) is 49.4 Å². The van der Waals surface area contributed by atoms with E-state index < -0.39 is 6.04 Å². The van der Waals surface area contributed by atoms with Crippen LogP contribution in [0.5, 0.6) is 0 Å². The monoisotopic (exact) mass is 416 g/mol. The highest BCUT2D eigenvalue weighted by Gasteiger charge is 2.28. The standard InChI is InChI=1S/C23H29FN2O2S/c1-3-14-25-23(28)21(4-2)26(15-18-10-12-20(24)13-11-18)22(27)17-29-16-19-8-6-5-7-9-19/h5-13,21H,3-4,14-17H2,1-2H3,(H,25,28). The Balaban J connectivity index is 2.09. The zero-order valence-corrected chi connectivity index (χ0v) is 17.9. The Kier molecular flexibility index (Phi) is 9.71. The third kappa shape index (κ3) is 7.54. The normalized spacial score (nSPS) is 11.7. The fraction of sp³-hybridized carbons (Fsp3) is 0.391. The maximum atomic E-state index is 13.3. The lowest BCUT2D eigenvalue weighted by molar-refractivity contribution is -0.139. The van der Waals surface area contributed by atoms with Crippen molar-refractivity contribution in [2.45, 2.75) is 45.0 Å². The summed E-state index contributed by atoms with van der Waals surface area (Å²) in [6, 6.07) is 15.5. The van der Waals surface area contributed by atoms with Crippen LogP contribution in [-0.4, -0.2) is 35.1 Å². The molecule has 4 nitrogen and oxygen atoms in total. The van der Waals surface area contributed by atoms with E-state index in [0.717, 1.165) is 23.3 Å². The number of amides is 2. The van der Waals surface area contributed by atoms with Gasteiger partial charge in [0.15, 0.2) is 0 Å². The van der Waals surface area contributed by atoms with Gasteiger partial charge >= 0.3 is 0 Å². The molecule has 1 unspecified atom stereocenters. The van der Waals surface area contributed by atoms with E-state index >= 15 is 0 Å². The molecular formula is C23H29FN2O2S. The first kappa shape index (κ1) is 22.9. The molecular weight excluding hydrogens is 387 g/mol. The van der Waals surface area contributed by atoms with E-state index in [2.05, 4.69) is 5.32 Å². The molecule has 2 rings (SSSR count). The summed E-state index contributed by atoms with van der Waals surface area (Å²) in [6.45, 7) is 4.75. The van der Waals surface area contributed by atoms with Crippen LogP contribution in [0.3, 0.4) is 0 Å².